The summed E-state index contributed by atoms with van der Waals surface area (Å²) >= 11 is 0. The van der Waals surface area contributed by atoms with E-state index in [1.54, 1.807) is 0 Å². The van der Waals surface area contributed by atoms with Gasteiger partial charge in [0, 0.05) is 11.6 Å². The molecule has 4 heteroatoms. The molecule has 0 aliphatic heterocycles. The van der Waals surface area contributed by atoms with Gasteiger partial charge in [-0.2, -0.15) is 5.10 Å². The summed E-state index contributed by atoms with van der Waals surface area (Å²) in [5.41, 5.74) is 3.29. The van der Waals surface area contributed by atoms with E-state index in [2.05, 4.69) is 10.5 Å². The van der Waals surface area contributed by atoms with Crippen molar-refractivity contribution in [3.63, 3.8) is 0 Å². The molecule has 2 N–H and O–H groups in total. The lowest BCUT2D eigenvalue weighted by molar-refractivity contribution is 0.194. The molecule has 4 nitrogen and oxygen atoms in total. The van der Waals surface area contributed by atoms with Crippen LogP contribution in [0.5, 0.6) is 0 Å². The van der Waals surface area contributed by atoms with Crippen LogP contribution in [0.4, 0.5) is 4.79 Å². The summed E-state index contributed by atoms with van der Waals surface area (Å²) in [5, 5.41) is 12.7. The van der Waals surface area contributed by atoms with Crippen molar-refractivity contribution >= 4 is 11.8 Å². The highest BCUT2D eigenvalue weighted by molar-refractivity contribution is 5.88. The van der Waals surface area contributed by atoms with Gasteiger partial charge >= 0.3 is 6.09 Å². The molecule has 2 aliphatic carbocycles. The van der Waals surface area contributed by atoms with Crippen molar-refractivity contribution in [2.45, 2.75) is 57.8 Å². The smallest absolute Gasteiger partial charge is 0.425 e. The second-order valence-electron chi connectivity index (χ2n) is 5.27. The first kappa shape index (κ1) is 12.4. The van der Waals surface area contributed by atoms with Gasteiger partial charge in [-0.15, -0.1) is 0 Å². The fourth-order valence-electron chi connectivity index (χ4n) is 3.33. The highest BCUT2D eigenvalue weighted by Gasteiger charge is 2.29. The Morgan fingerprint density at radius 2 is 1.82 bits per heavy atom. The molecule has 2 aliphatic rings. The number of hydrogen-bond donors (Lipinski definition) is 2. The van der Waals surface area contributed by atoms with Gasteiger partial charge in [-0.1, -0.05) is 25.7 Å². The van der Waals surface area contributed by atoms with Crippen LogP contribution in [0.25, 0.3) is 0 Å². The molecule has 0 aromatic rings. The van der Waals surface area contributed by atoms with Crippen molar-refractivity contribution in [1.29, 1.82) is 0 Å². The Morgan fingerprint density at radius 1 is 1.12 bits per heavy atom. The second-order valence-corrected chi connectivity index (χ2v) is 5.27. The van der Waals surface area contributed by atoms with Gasteiger partial charge in [-0.25, -0.2) is 10.2 Å². The lowest BCUT2D eigenvalue weighted by atomic mass is 9.72. The highest BCUT2D eigenvalue weighted by atomic mass is 16.4. The van der Waals surface area contributed by atoms with Gasteiger partial charge in [-0.3, -0.25) is 0 Å². The SMILES string of the molecule is O=C(O)NN=C1CCCCC1C1CCCCC1. The zero-order valence-corrected chi connectivity index (χ0v) is 10.3. The monoisotopic (exact) mass is 238 g/mol. The van der Waals surface area contributed by atoms with E-state index < -0.39 is 6.09 Å². The van der Waals surface area contributed by atoms with Gasteiger partial charge in [0.05, 0.1) is 0 Å². The quantitative estimate of drug-likeness (QED) is 0.724. The average Bonchev–Trinajstić information content (AvgIpc) is 2.38. The summed E-state index contributed by atoms with van der Waals surface area (Å²) in [6, 6.07) is 0. The zero-order valence-electron chi connectivity index (χ0n) is 10.3. The number of carbonyl (C=O) groups is 1. The largest absolute Gasteiger partial charge is 0.464 e. The number of hydrazone groups is 1. The molecular weight excluding hydrogens is 216 g/mol. The normalized spacial score (nSPS) is 29.2. The van der Waals surface area contributed by atoms with Crippen LogP contribution in [0, 0.1) is 11.8 Å². The Labute approximate surface area is 102 Å². The number of amides is 1. The first-order valence-electron chi connectivity index (χ1n) is 6.83. The summed E-state index contributed by atoms with van der Waals surface area (Å²) in [7, 11) is 0. The highest BCUT2D eigenvalue weighted by Crippen LogP contribution is 2.36. The predicted molar refractivity (Wildman–Crippen MR) is 67.1 cm³/mol. The number of nitrogens with one attached hydrogen (secondary N) is 1. The molecule has 0 aromatic heterocycles. The maximum Gasteiger partial charge on any atom is 0.425 e. The summed E-state index contributed by atoms with van der Waals surface area (Å²) in [6.45, 7) is 0. The Hall–Kier alpha value is -1.06. The molecular formula is C13H22N2O2. The van der Waals surface area contributed by atoms with E-state index in [1.165, 1.54) is 44.9 Å². The molecule has 0 radical (unpaired) electrons. The van der Waals surface area contributed by atoms with Crippen LogP contribution in [0.15, 0.2) is 5.10 Å². The van der Waals surface area contributed by atoms with Crippen molar-refractivity contribution in [3.05, 3.63) is 0 Å². The molecule has 17 heavy (non-hydrogen) atoms. The third-order valence-corrected chi connectivity index (χ3v) is 4.14. The van der Waals surface area contributed by atoms with Crippen LogP contribution in [0.2, 0.25) is 0 Å². The van der Waals surface area contributed by atoms with Crippen molar-refractivity contribution in [2.75, 3.05) is 0 Å². The number of rotatable bonds is 2. The third-order valence-electron chi connectivity index (χ3n) is 4.14. The van der Waals surface area contributed by atoms with E-state index in [1.807, 2.05) is 0 Å². The summed E-state index contributed by atoms with van der Waals surface area (Å²) < 4.78 is 0. The maximum absolute atomic E-state index is 10.5. The summed E-state index contributed by atoms with van der Waals surface area (Å²) in [6.07, 6.45) is 10.2. The van der Waals surface area contributed by atoms with Gasteiger partial charge in [0.15, 0.2) is 0 Å². The molecule has 1 amide bonds. The van der Waals surface area contributed by atoms with Crippen molar-refractivity contribution in [2.24, 2.45) is 16.9 Å². The lowest BCUT2D eigenvalue weighted by Gasteiger charge is -2.33. The molecule has 96 valence electrons. The average molecular weight is 238 g/mol. The van der Waals surface area contributed by atoms with E-state index in [9.17, 15) is 4.79 Å². The molecule has 0 heterocycles. The van der Waals surface area contributed by atoms with Crippen LogP contribution < -0.4 is 5.43 Å². The molecule has 0 saturated heterocycles. The van der Waals surface area contributed by atoms with Crippen LogP contribution >= 0.6 is 0 Å². The summed E-state index contributed by atoms with van der Waals surface area (Å²) in [5.74, 6) is 1.29. The van der Waals surface area contributed by atoms with Crippen LogP contribution in [-0.4, -0.2) is 16.9 Å². The van der Waals surface area contributed by atoms with Gasteiger partial charge in [0.2, 0.25) is 0 Å². The van der Waals surface area contributed by atoms with Gasteiger partial charge in [-0.05, 0) is 38.0 Å². The maximum atomic E-state index is 10.5. The molecule has 0 spiro atoms. The minimum atomic E-state index is -1.05. The Balaban J connectivity index is 2.00. The molecule has 2 fully saturated rings. The molecule has 1 atom stereocenters. The fraction of sp³-hybridized carbons (Fsp3) is 0.846. The number of carboxylic acid groups (broad SMARTS) is 1. The van der Waals surface area contributed by atoms with Crippen LogP contribution in [-0.2, 0) is 0 Å². The minimum absolute atomic E-state index is 0.538. The molecule has 2 rings (SSSR count). The van der Waals surface area contributed by atoms with E-state index in [0.717, 1.165) is 24.5 Å². The molecule has 1 unspecified atom stereocenters. The van der Waals surface area contributed by atoms with E-state index in [0.29, 0.717) is 5.92 Å². The Kier molecular flexibility index (Phi) is 4.40. The van der Waals surface area contributed by atoms with Crippen LogP contribution in [0.1, 0.15) is 57.8 Å². The van der Waals surface area contributed by atoms with Crippen molar-refractivity contribution in [3.8, 4) is 0 Å². The zero-order chi connectivity index (χ0) is 12.1. The van der Waals surface area contributed by atoms with E-state index in [-0.39, 0.29) is 0 Å². The van der Waals surface area contributed by atoms with Crippen molar-refractivity contribution in [1.82, 2.24) is 5.43 Å². The first-order valence-corrected chi connectivity index (χ1v) is 6.83. The minimum Gasteiger partial charge on any atom is -0.464 e. The van der Waals surface area contributed by atoms with Gasteiger partial charge < -0.3 is 5.11 Å². The van der Waals surface area contributed by atoms with E-state index >= 15 is 0 Å². The lowest BCUT2D eigenvalue weighted by Crippen LogP contribution is -2.31. The summed E-state index contributed by atoms with van der Waals surface area (Å²) in [4.78, 5) is 10.5. The Bertz CT molecular complexity index is 296. The second kappa shape index (κ2) is 6.03. The predicted octanol–water partition coefficient (Wildman–Crippen LogP) is 3.38. The Morgan fingerprint density at radius 3 is 2.53 bits per heavy atom. The van der Waals surface area contributed by atoms with Crippen LogP contribution in [0.3, 0.4) is 0 Å². The third kappa shape index (κ3) is 3.45. The number of nitrogens with zero attached hydrogens (tertiary/aromatic N) is 1. The molecule has 0 bridgehead atoms. The van der Waals surface area contributed by atoms with E-state index in [4.69, 9.17) is 5.11 Å². The van der Waals surface area contributed by atoms with Gasteiger partial charge in [0.25, 0.3) is 0 Å². The first-order chi connectivity index (χ1) is 8.27. The molecule has 2 saturated carbocycles. The number of hydrogen-bond acceptors (Lipinski definition) is 2. The molecule has 0 aromatic carbocycles. The topological polar surface area (TPSA) is 61.7 Å². The standard InChI is InChI=1S/C13H22N2O2/c16-13(17)15-14-12-9-5-4-8-11(12)10-6-2-1-3-7-10/h10-11,15H,1-9H2,(H,16,17). The van der Waals surface area contributed by atoms with Gasteiger partial charge in [0.1, 0.15) is 0 Å². The fourth-order valence-corrected chi connectivity index (χ4v) is 3.33. The van der Waals surface area contributed by atoms with Crippen molar-refractivity contribution < 1.29 is 9.90 Å².